The molecule has 7 heteroatoms. The first-order valence-corrected chi connectivity index (χ1v) is 7.37. The monoisotopic (exact) mass is 301 g/mol. The summed E-state index contributed by atoms with van der Waals surface area (Å²) in [4.78, 5) is 11.0. The van der Waals surface area contributed by atoms with Crippen LogP contribution >= 0.6 is 0 Å². The van der Waals surface area contributed by atoms with E-state index in [-0.39, 0.29) is 11.2 Å². The number of hydrogen-bond acceptors (Lipinski definition) is 5. The van der Waals surface area contributed by atoms with Gasteiger partial charge < -0.3 is 8.92 Å². The van der Waals surface area contributed by atoms with Gasteiger partial charge in [0.1, 0.15) is 5.75 Å². The standard InChI is InChI=1S/C13H19NO5S/c1-9-6-7-11(10(8-9)13(2,3)4)19-20(16,17)14-12(15)18-5/h6-8H,1-5H3,(H,14,15). The number of amides is 1. The maximum Gasteiger partial charge on any atom is 0.423 e. The van der Waals surface area contributed by atoms with E-state index >= 15 is 0 Å². The van der Waals surface area contributed by atoms with Gasteiger partial charge in [0.05, 0.1) is 7.11 Å². The minimum atomic E-state index is -4.27. The zero-order chi connectivity index (χ0) is 15.6. The molecule has 1 rings (SSSR count). The van der Waals surface area contributed by atoms with Crippen LogP contribution in [0.5, 0.6) is 5.75 Å². The average Bonchev–Trinajstić information content (AvgIpc) is 2.29. The van der Waals surface area contributed by atoms with Crippen molar-refractivity contribution in [1.82, 2.24) is 4.72 Å². The minimum Gasteiger partial charge on any atom is -0.452 e. The molecule has 20 heavy (non-hydrogen) atoms. The first kappa shape index (κ1) is 16.3. The van der Waals surface area contributed by atoms with Gasteiger partial charge in [-0.15, -0.1) is 0 Å². The summed E-state index contributed by atoms with van der Waals surface area (Å²) in [5.74, 6) is 0.180. The summed E-state index contributed by atoms with van der Waals surface area (Å²) in [6.07, 6.45) is -1.10. The molecule has 0 aromatic heterocycles. The molecule has 1 aromatic carbocycles. The second kappa shape index (κ2) is 5.70. The van der Waals surface area contributed by atoms with Gasteiger partial charge in [-0.1, -0.05) is 38.5 Å². The molecule has 6 nitrogen and oxygen atoms in total. The number of aryl methyl sites for hydroxylation is 1. The summed E-state index contributed by atoms with van der Waals surface area (Å²) in [5.41, 5.74) is 1.41. The topological polar surface area (TPSA) is 81.7 Å². The fraction of sp³-hybridized carbons (Fsp3) is 0.462. The summed E-state index contributed by atoms with van der Waals surface area (Å²) in [6, 6.07) is 5.15. The number of ether oxygens (including phenoxy) is 1. The van der Waals surface area contributed by atoms with Crippen molar-refractivity contribution in [3.63, 3.8) is 0 Å². The highest BCUT2D eigenvalue weighted by atomic mass is 32.2. The molecule has 0 aliphatic heterocycles. The molecule has 112 valence electrons. The lowest BCUT2D eigenvalue weighted by Crippen LogP contribution is -2.34. The van der Waals surface area contributed by atoms with E-state index in [9.17, 15) is 13.2 Å². The molecule has 0 bridgehead atoms. The second-order valence-electron chi connectivity index (χ2n) is 5.38. The second-order valence-corrected chi connectivity index (χ2v) is 6.66. The zero-order valence-corrected chi connectivity index (χ0v) is 13.0. The molecule has 0 saturated heterocycles. The molecule has 1 aromatic rings. The Morgan fingerprint density at radius 1 is 1.25 bits per heavy atom. The number of carbonyl (C=O) groups is 1. The van der Waals surface area contributed by atoms with Gasteiger partial charge in [0.15, 0.2) is 0 Å². The van der Waals surface area contributed by atoms with Gasteiger partial charge in [-0.2, -0.15) is 13.1 Å². The molecular weight excluding hydrogens is 282 g/mol. The number of methoxy groups -OCH3 is 1. The van der Waals surface area contributed by atoms with Crippen molar-refractivity contribution in [2.75, 3.05) is 7.11 Å². The van der Waals surface area contributed by atoms with E-state index in [4.69, 9.17) is 4.18 Å². The van der Waals surface area contributed by atoms with Crippen molar-refractivity contribution in [2.45, 2.75) is 33.1 Å². The van der Waals surface area contributed by atoms with Gasteiger partial charge in [0.25, 0.3) is 0 Å². The lowest BCUT2D eigenvalue weighted by molar-refractivity contribution is 0.177. The van der Waals surface area contributed by atoms with Gasteiger partial charge in [0.2, 0.25) is 0 Å². The van der Waals surface area contributed by atoms with E-state index in [0.29, 0.717) is 0 Å². The van der Waals surface area contributed by atoms with Crippen molar-refractivity contribution in [2.24, 2.45) is 0 Å². The normalized spacial score (nSPS) is 11.8. The summed E-state index contributed by atoms with van der Waals surface area (Å²) < 4.78 is 34.2. The highest BCUT2D eigenvalue weighted by molar-refractivity contribution is 7.85. The lowest BCUT2D eigenvalue weighted by atomic mass is 9.85. The molecule has 0 atom stereocenters. The molecule has 0 radical (unpaired) electrons. The van der Waals surface area contributed by atoms with Crippen molar-refractivity contribution in [1.29, 1.82) is 0 Å². The third kappa shape index (κ3) is 4.41. The van der Waals surface area contributed by atoms with Crippen LogP contribution in [0.25, 0.3) is 0 Å². The van der Waals surface area contributed by atoms with Gasteiger partial charge in [0, 0.05) is 5.56 Å². The lowest BCUT2D eigenvalue weighted by Gasteiger charge is -2.22. The molecule has 0 spiro atoms. The van der Waals surface area contributed by atoms with Gasteiger partial charge in [-0.25, -0.2) is 4.79 Å². The Bertz CT molecular complexity index is 602. The maximum absolute atomic E-state index is 11.7. The van der Waals surface area contributed by atoms with Crippen molar-refractivity contribution in [3.8, 4) is 5.75 Å². The molecule has 0 saturated carbocycles. The molecule has 1 N–H and O–H groups in total. The predicted octanol–water partition coefficient (Wildman–Crippen LogP) is 2.27. The third-order valence-electron chi connectivity index (χ3n) is 2.54. The molecule has 0 heterocycles. The number of nitrogens with one attached hydrogen (secondary N) is 1. The van der Waals surface area contributed by atoms with Gasteiger partial charge in [-0.05, 0) is 18.4 Å². The maximum atomic E-state index is 11.7. The van der Waals surface area contributed by atoms with Gasteiger partial charge in [-0.3, -0.25) is 0 Å². The zero-order valence-electron chi connectivity index (χ0n) is 12.2. The smallest absolute Gasteiger partial charge is 0.423 e. The first-order valence-electron chi connectivity index (χ1n) is 5.96. The highest BCUT2D eigenvalue weighted by Crippen LogP contribution is 2.32. The first-order chi connectivity index (χ1) is 9.05. The van der Waals surface area contributed by atoms with Gasteiger partial charge >= 0.3 is 16.4 Å². The number of hydrogen-bond donors (Lipinski definition) is 1. The van der Waals surface area contributed by atoms with Crippen molar-refractivity contribution < 1.29 is 22.1 Å². The fourth-order valence-electron chi connectivity index (χ4n) is 1.59. The van der Waals surface area contributed by atoms with E-state index in [1.165, 1.54) is 0 Å². The Hall–Kier alpha value is -1.76. The van der Waals surface area contributed by atoms with Crippen LogP contribution in [-0.2, 0) is 20.5 Å². The molecule has 0 fully saturated rings. The highest BCUT2D eigenvalue weighted by Gasteiger charge is 2.24. The number of carbonyl (C=O) groups excluding carboxylic acids is 1. The Morgan fingerprint density at radius 3 is 2.35 bits per heavy atom. The Balaban J connectivity index is 3.13. The van der Waals surface area contributed by atoms with Crippen LogP contribution in [0.2, 0.25) is 0 Å². The molecule has 0 aliphatic carbocycles. The summed E-state index contributed by atoms with van der Waals surface area (Å²) in [7, 11) is -3.20. The van der Waals surface area contributed by atoms with Crippen LogP contribution in [0.4, 0.5) is 4.79 Å². The molecule has 0 aliphatic rings. The van der Waals surface area contributed by atoms with E-state index in [0.717, 1.165) is 18.2 Å². The van der Waals surface area contributed by atoms with E-state index in [2.05, 4.69) is 4.74 Å². The Labute approximate surface area is 119 Å². The summed E-state index contributed by atoms with van der Waals surface area (Å²) >= 11 is 0. The predicted molar refractivity (Wildman–Crippen MR) is 75.0 cm³/mol. The van der Waals surface area contributed by atoms with Crippen LogP contribution in [0.15, 0.2) is 18.2 Å². The third-order valence-corrected chi connectivity index (χ3v) is 3.35. The summed E-state index contributed by atoms with van der Waals surface area (Å²) in [5, 5.41) is 0. The number of benzene rings is 1. The summed E-state index contributed by atoms with van der Waals surface area (Å²) in [6.45, 7) is 7.72. The van der Waals surface area contributed by atoms with Crippen LogP contribution in [0.3, 0.4) is 0 Å². The van der Waals surface area contributed by atoms with Crippen molar-refractivity contribution in [3.05, 3.63) is 29.3 Å². The van der Waals surface area contributed by atoms with Crippen LogP contribution in [0, 0.1) is 6.92 Å². The van der Waals surface area contributed by atoms with E-state index in [1.807, 2.05) is 33.8 Å². The average molecular weight is 301 g/mol. The SMILES string of the molecule is COC(=O)NS(=O)(=O)Oc1ccc(C)cc1C(C)(C)C. The number of rotatable bonds is 3. The largest absolute Gasteiger partial charge is 0.452 e. The quantitative estimate of drug-likeness (QED) is 0.926. The van der Waals surface area contributed by atoms with Crippen molar-refractivity contribution >= 4 is 16.4 Å². The molecular formula is C13H19NO5S. The van der Waals surface area contributed by atoms with E-state index < -0.39 is 16.4 Å². The van der Waals surface area contributed by atoms with Crippen LogP contribution in [-0.4, -0.2) is 21.6 Å². The van der Waals surface area contributed by atoms with Crippen LogP contribution in [0.1, 0.15) is 31.9 Å². The van der Waals surface area contributed by atoms with Crippen LogP contribution < -0.4 is 8.91 Å². The van der Waals surface area contributed by atoms with E-state index in [1.54, 1.807) is 16.9 Å². The minimum absolute atomic E-state index is 0.180. The Kier molecular flexibility index (Phi) is 4.65. The fourth-order valence-corrected chi connectivity index (χ4v) is 2.30. The molecule has 1 amide bonds. The Morgan fingerprint density at radius 2 is 1.85 bits per heavy atom. The molecule has 0 unspecified atom stereocenters.